The Morgan fingerprint density at radius 3 is 2.00 bits per heavy atom. The summed E-state index contributed by atoms with van der Waals surface area (Å²) in [6, 6.07) is 14.8. The van der Waals surface area contributed by atoms with Crippen LogP contribution >= 0.6 is 0 Å². The van der Waals surface area contributed by atoms with Crippen LogP contribution in [0.25, 0.3) is 11.3 Å². The Kier molecular flexibility index (Phi) is 5.90. The third-order valence-corrected chi connectivity index (χ3v) is 10.9. The molecule has 0 unspecified atom stereocenters. The van der Waals surface area contributed by atoms with Gasteiger partial charge in [-0.25, -0.2) is 4.57 Å². The molecule has 1 fully saturated rings. The Morgan fingerprint density at radius 1 is 0.897 bits per heavy atom. The minimum absolute atomic E-state index is 0.177. The molecule has 2 heteroatoms. The van der Waals surface area contributed by atoms with Crippen molar-refractivity contribution in [2.45, 2.75) is 90.4 Å². The van der Waals surface area contributed by atoms with Gasteiger partial charge in [0.2, 0.25) is 5.69 Å². The van der Waals surface area contributed by atoms with Crippen molar-refractivity contribution in [2.24, 2.45) is 13.0 Å². The van der Waals surface area contributed by atoms with Crippen LogP contribution in [0.15, 0.2) is 36.5 Å². The monoisotopic (exact) mass is 408 g/mol. The molecule has 0 bridgehead atoms. The topological polar surface area (TPSA) is 3.88 Å². The van der Waals surface area contributed by atoms with E-state index in [-0.39, 0.29) is 10.8 Å². The fourth-order valence-corrected chi connectivity index (χ4v) is 7.55. The molecule has 1 nitrogen and oxygen atoms in total. The minimum atomic E-state index is -0.903. The molecule has 29 heavy (non-hydrogen) atoms. The lowest BCUT2D eigenvalue weighted by Crippen LogP contribution is -2.38. The fourth-order valence-electron chi connectivity index (χ4n) is 5.04. The number of nitrogens with zero attached hydrogens (tertiary/aromatic N) is 1. The van der Waals surface area contributed by atoms with Gasteiger partial charge in [-0.05, 0) is 46.9 Å². The van der Waals surface area contributed by atoms with E-state index in [1.54, 1.807) is 0 Å². The van der Waals surface area contributed by atoms with Crippen molar-refractivity contribution in [3.8, 4) is 11.3 Å². The second-order valence-electron chi connectivity index (χ2n) is 11.9. The molecule has 1 aliphatic heterocycles. The average molecular weight is 409 g/mol. The summed E-state index contributed by atoms with van der Waals surface area (Å²) in [5, 5.41) is 0. The summed E-state index contributed by atoms with van der Waals surface area (Å²) in [5.74, 6) is 0.815. The maximum atomic E-state index is 2.57. The summed E-state index contributed by atoms with van der Waals surface area (Å²) in [6.45, 7) is 19.2. The average Bonchev–Trinajstić information content (AvgIpc) is 2.61. The van der Waals surface area contributed by atoms with E-state index in [2.05, 4.69) is 103 Å². The summed E-state index contributed by atoms with van der Waals surface area (Å²) >= 11 is 0. The quantitative estimate of drug-likeness (QED) is 0.374. The van der Waals surface area contributed by atoms with Gasteiger partial charge >= 0.3 is 0 Å². The van der Waals surface area contributed by atoms with Gasteiger partial charge in [-0.2, -0.15) is 0 Å². The molecule has 1 aliphatic rings. The van der Waals surface area contributed by atoms with E-state index in [0.29, 0.717) is 0 Å². The van der Waals surface area contributed by atoms with Crippen molar-refractivity contribution in [1.29, 1.82) is 0 Å². The smallest absolute Gasteiger partial charge is 0.201 e. The molecule has 1 aromatic heterocycles. The second-order valence-corrected chi connectivity index (χ2v) is 17.2. The minimum Gasteiger partial charge on any atom is -0.201 e. The molecular weight excluding hydrogens is 366 g/mol. The van der Waals surface area contributed by atoms with Gasteiger partial charge in [-0.15, -0.1) is 0 Å². The van der Waals surface area contributed by atoms with Crippen molar-refractivity contribution in [3.05, 3.63) is 53.2 Å². The molecule has 158 valence electrons. The Balaban J connectivity index is 1.89. The molecule has 0 radical (unpaired) electrons. The van der Waals surface area contributed by atoms with Crippen molar-refractivity contribution < 1.29 is 4.57 Å². The standard InChI is InChI=1S/C27H42NSi/c1-20-18-22(27(5,6)21-14-16-29(8,9)17-15-21)10-12-24(20)25-13-11-23(19-28(25)7)26(2,3)4/h10-13,18-19,21H,14-17H2,1-9H3/q+1. The third-order valence-electron chi connectivity index (χ3n) is 7.61. The zero-order valence-electron chi connectivity index (χ0n) is 20.3. The zero-order chi connectivity index (χ0) is 21.6. The third kappa shape index (κ3) is 4.68. The summed E-state index contributed by atoms with van der Waals surface area (Å²) < 4.78 is 2.29. The highest BCUT2D eigenvalue weighted by molar-refractivity contribution is 6.77. The van der Waals surface area contributed by atoms with Gasteiger partial charge in [0, 0.05) is 25.3 Å². The summed E-state index contributed by atoms with van der Waals surface area (Å²) in [6.07, 6.45) is 5.12. The van der Waals surface area contributed by atoms with E-state index in [1.807, 2.05) is 0 Å². The molecule has 3 rings (SSSR count). The number of benzene rings is 1. The number of hydrogen-bond acceptors (Lipinski definition) is 0. The predicted octanol–water partition coefficient (Wildman–Crippen LogP) is 7.18. The molecule has 0 saturated carbocycles. The van der Waals surface area contributed by atoms with Crippen LogP contribution in [-0.2, 0) is 17.9 Å². The molecule has 0 atom stereocenters. The van der Waals surface area contributed by atoms with Crippen molar-refractivity contribution in [3.63, 3.8) is 0 Å². The van der Waals surface area contributed by atoms with Crippen molar-refractivity contribution >= 4 is 8.07 Å². The number of aromatic nitrogens is 1. The molecule has 2 aromatic rings. The van der Waals surface area contributed by atoms with Crippen LogP contribution in [0.5, 0.6) is 0 Å². The van der Waals surface area contributed by atoms with Crippen LogP contribution in [0.1, 0.15) is 64.2 Å². The highest BCUT2D eigenvalue weighted by atomic mass is 28.3. The lowest BCUT2D eigenvalue weighted by atomic mass is 9.70. The maximum Gasteiger partial charge on any atom is 0.212 e. The highest BCUT2D eigenvalue weighted by Gasteiger charge is 2.37. The Bertz CT molecular complexity index is 876. The first-order valence-corrected chi connectivity index (χ1v) is 14.8. The SMILES string of the molecule is Cc1cc(C(C)(C)C2CC[Si](C)(C)CC2)ccc1-c1ccc(C(C)(C)C)c[n+]1C. The Morgan fingerprint density at radius 2 is 1.48 bits per heavy atom. The normalized spacial score (nSPS) is 18.1. The second kappa shape index (κ2) is 7.69. The highest BCUT2D eigenvalue weighted by Crippen LogP contribution is 2.44. The first kappa shape index (κ1) is 22.3. The van der Waals surface area contributed by atoms with Crippen LogP contribution in [-0.4, -0.2) is 8.07 Å². The van der Waals surface area contributed by atoms with Gasteiger partial charge in [0.1, 0.15) is 7.05 Å². The summed E-state index contributed by atoms with van der Waals surface area (Å²) in [5.41, 5.74) is 7.36. The lowest BCUT2D eigenvalue weighted by molar-refractivity contribution is -0.661. The first-order valence-electron chi connectivity index (χ1n) is 11.4. The molecule has 0 N–H and O–H groups in total. The van der Waals surface area contributed by atoms with E-state index in [4.69, 9.17) is 0 Å². The number of pyridine rings is 1. The number of hydrogen-bond donors (Lipinski definition) is 0. The molecule has 1 aromatic carbocycles. The van der Waals surface area contributed by atoms with Gasteiger partial charge in [0.05, 0.1) is 0 Å². The van der Waals surface area contributed by atoms with Crippen molar-refractivity contribution in [2.75, 3.05) is 0 Å². The van der Waals surface area contributed by atoms with E-state index in [9.17, 15) is 0 Å². The van der Waals surface area contributed by atoms with Crippen LogP contribution < -0.4 is 4.57 Å². The van der Waals surface area contributed by atoms with Gasteiger partial charge in [-0.3, -0.25) is 0 Å². The zero-order valence-corrected chi connectivity index (χ0v) is 21.3. The predicted molar refractivity (Wildman–Crippen MR) is 129 cm³/mol. The first-order chi connectivity index (χ1) is 13.3. The van der Waals surface area contributed by atoms with Crippen LogP contribution in [0.2, 0.25) is 25.2 Å². The van der Waals surface area contributed by atoms with Crippen LogP contribution in [0, 0.1) is 12.8 Å². The van der Waals surface area contributed by atoms with Crippen molar-refractivity contribution in [1.82, 2.24) is 0 Å². The largest absolute Gasteiger partial charge is 0.212 e. The molecule has 0 amide bonds. The summed E-state index contributed by atoms with van der Waals surface area (Å²) in [4.78, 5) is 0. The van der Waals surface area contributed by atoms with Crippen LogP contribution in [0.4, 0.5) is 0 Å². The Labute approximate surface area is 180 Å². The van der Waals surface area contributed by atoms with E-state index < -0.39 is 8.07 Å². The fraction of sp³-hybridized carbons (Fsp3) is 0.593. The molecular formula is C27H42NSi+. The van der Waals surface area contributed by atoms with E-state index in [0.717, 1.165) is 5.92 Å². The molecule has 0 aliphatic carbocycles. The van der Waals surface area contributed by atoms with Gasteiger partial charge < -0.3 is 0 Å². The number of rotatable bonds is 3. The summed E-state index contributed by atoms with van der Waals surface area (Å²) in [7, 11) is 1.27. The molecule has 1 saturated heterocycles. The van der Waals surface area contributed by atoms with E-state index >= 15 is 0 Å². The molecule has 2 heterocycles. The van der Waals surface area contributed by atoms with Gasteiger partial charge in [0.25, 0.3) is 0 Å². The number of aryl methyl sites for hydroxylation is 2. The van der Waals surface area contributed by atoms with Gasteiger partial charge in [-0.1, -0.05) is 84.8 Å². The van der Waals surface area contributed by atoms with E-state index in [1.165, 1.54) is 52.9 Å². The molecule has 0 spiro atoms. The Hall–Kier alpha value is -1.41. The lowest BCUT2D eigenvalue weighted by Gasteiger charge is -2.42. The van der Waals surface area contributed by atoms with Crippen LogP contribution in [0.3, 0.4) is 0 Å². The van der Waals surface area contributed by atoms with Gasteiger partial charge in [0.15, 0.2) is 6.20 Å². The maximum absolute atomic E-state index is 2.57.